The summed E-state index contributed by atoms with van der Waals surface area (Å²) < 4.78 is 26.7. The van der Waals surface area contributed by atoms with E-state index in [1.54, 1.807) is 6.07 Å². The fraction of sp³-hybridized carbons (Fsp3) is 0.467. The molecule has 7 nitrogen and oxygen atoms in total. The standard InChI is InChI=1S/C15H20N4O3S/c1-12-4-2-5-13(8-12)10-23(21,22)19-7-3-6-15(20,11-19)14-9-16-18-17-14/h2,4-5,8-9,20H,3,6-7,10-11H2,1H3,(H,16,17,18). The minimum Gasteiger partial charge on any atom is -0.382 e. The van der Waals surface area contributed by atoms with Gasteiger partial charge < -0.3 is 5.11 Å². The number of sulfonamides is 1. The number of aromatic amines is 1. The van der Waals surface area contributed by atoms with E-state index in [1.807, 2.05) is 25.1 Å². The number of rotatable bonds is 4. The average Bonchev–Trinajstić information content (AvgIpc) is 3.02. The molecule has 8 heteroatoms. The Morgan fingerprint density at radius 2 is 2.26 bits per heavy atom. The predicted octanol–water partition coefficient (Wildman–Crippen LogP) is 0.927. The van der Waals surface area contributed by atoms with Crippen LogP contribution in [0.4, 0.5) is 0 Å². The van der Waals surface area contributed by atoms with Gasteiger partial charge >= 0.3 is 0 Å². The van der Waals surface area contributed by atoms with Crippen molar-refractivity contribution < 1.29 is 13.5 Å². The van der Waals surface area contributed by atoms with Gasteiger partial charge in [-0.25, -0.2) is 8.42 Å². The molecule has 1 fully saturated rings. The second-order valence-electron chi connectivity index (χ2n) is 6.07. The molecule has 0 amide bonds. The molecule has 124 valence electrons. The number of nitrogens with one attached hydrogen (secondary N) is 1. The minimum absolute atomic E-state index is 0.00762. The summed E-state index contributed by atoms with van der Waals surface area (Å²) in [5, 5.41) is 20.8. The van der Waals surface area contributed by atoms with Crippen molar-refractivity contribution in [3.05, 3.63) is 47.3 Å². The number of aliphatic hydroxyl groups is 1. The highest BCUT2D eigenvalue weighted by atomic mass is 32.2. The number of benzene rings is 1. The SMILES string of the molecule is Cc1cccc(CS(=O)(=O)N2CCCC(O)(c3cn[nH]n3)C2)c1. The average molecular weight is 336 g/mol. The van der Waals surface area contributed by atoms with Crippen molar-refractivity contribution in [3.63, 3.8) is 0 Å². The molecule has 1 unspecified atom stereocenters. The third-order valence-electron chi connectivity index (χ3n) is 4.15. The lowest BCUT2D eigenvalue weighted by Gasteiger charge is -2.37. The summed E-state index contributed by atoms with van der Waals surface area (Å²) in [6, 6.07) is 7.45. The number of aromatic nitrogens is 3. The van der Waals surface area contributed by atoms with Gasteiger partial charge in [-0.3, -0.25) is 0 Å². The Morgan fingerprint density at radius 1 is 1.43 bits per heavy atom. The highest BCUT2D eigenvalue weighted by molar-refractivity contribution is 7.88. The first-order valence-corrected chi connectivity index (χ1v) is 9.12. The van der Waals surface area contributed by atoms with Crippen LogP contribution in [-0.4, -0.2) is 46.3 Å². The number of piperidine rings is 1. The van der Waals surface area contributed by atoms with E-state index < -0.39 is 15.6 Å². The van der Waals surface area contributed by atoms with Gasteiger partial charge in [0.15, 0.2) is 0 Å². The number of hydrogen-bond acceptors (Lipinski definition) is 5. The van der Waals surface area contributed by atoms with Crippen LogP contribution in [0, 0.1) is 6.92 Å². The Hall–Kier alpha value is -1.77. The Bertz CT molecular complexity index is 776. The summed E-state index contributed by atoms with van der Waals surface area (Å²) in [6.45, 7) is 2.35. The molecule has 2 aromatic rings. The maximum absolute atomic E-state index is 12.7. The van der Waals surface area contributed by atoms with Gasteiger partial charge in [-0.1, -0.05) is 29.8 Å². The molecule has 3 rings (SSSR count). The van der Waals surface area contributed by atoms with Crippen molar-refractivity contribution in [1.29, 1.82) is 0 Å². The predicted molar refractivity (Wildman–Crippen MR) is 84.9 cm³/mol. The van der Waals surface area contributed by atoms with Crippen molar-refractivity contribution in [2.75, 3.05) is 13.1 Å². The third kappa shape index (κ3) is 3.44. The van der Waals surface area contributed by atoms with Gasteiger partial charge in [0.1, 0.15) is 11.3 Å². The lowest BCUT2D eigenvalue weighted by molar-refractivity contribution is -0.0161. The number of H-pyrrole nitrogens is 1. The van der Waals surface area contributed by atoms with Crippen LogP contribution in [0.1, 0.15) is 29.7 Å². The van der Waals surface area contributed by atoms with E-state index in [2.05, 4.69) is 15.4 Å². The first-order valence-electron chi connectivity index (χ1n) is 7.51. The number of hydrogen-bond donors (Lipinski definition) is 2. The highest BCUT2D eigenvalue weighted by Crippen LogP contribution is 2.31. The summed E-state index contributed by atoms with van der Waals surface area (Å²) in [5.41, 5.74) is 0.870. The number of aryl methyl sites for hydroxylation is 1. The molecule has 2 N–H and O–H groups in total. The van der Waals surface area contributed by atoms with Gasteiger partial charge in [-0.15, -0.1) is 0 Å². The number of nitrogens with zero attached hydrogens (tertiary/aromatic N) is 3. The second-order valence-corrected chi connectivity index (χ2v) is 8.04. The molecule has 1 aromatic carbocycles. The highest BCUT2D eigenvalue weighted by Gasteiger charge is 2.41. The van der Waals surface area contributed by atoms with Crippen molar-refractivity contribution in [1.82, 2.24) is 19.7 Å². The molecule has 0 bridgehead atoms. The first kappa shape index (κ1) is 16.1. The monoisotopic (exact) mass is 336 g/mol. The summed E-state index contributed by atoms with van der Waals surface area (Å²) in [4.78, 5) is 0. The van der Waals surface area contributed by atoms with Crippen molar-refractivity contribution >= 4 is 10.0 Å². The minimum atomic E-state index is -3.50. The molecule has 1 aliphatic rings. The van der Waals surface area contributed by atoms with Crippen LogP contribution in [0.2, 0.25) is 0 Å². The van der Waals surface area contributed by atoms with E-state index in [0.29, 0.717) is 25.1 Å². The van der Waals surface area contributed by atoms with E-state index in [1.165, 1.54) is 10.5 Å². The fourth-order valence-electron chi connectivity index (χ4n) is 2.97. The van der Waals surface area contributed by atoms with Crippen LogP contribution < -0.4 is 0 Å². The Kier molecular flexibility index (Phi) is 4.22. The molecule has 1 aliphatic heterocycles. The topological polar surface area (TPSA) is 99.2 Å². The molecule has 23 heavy (non-hydrogen) atoms. The molecule has 1 atom stereocenters. The van der Waals surface area contributed by atoms with E-state index in [4.69, 9.17) is 0 Å². The summed E-state index contributed by atoms with van der Waals surface area (Å²) in [6.07, 6.45) is 2.49. The van der Waals surface area contributed by atoms with Crippen molar-refractivity contribution in [2.24, 2.45) is 0 Å². The van der Waals surface area contributed by atoms with E-state index >= 15 is 0 Å². The summed E-state index contributed by atoms with van der Waals surface area (Å²) in [5.74, 6) is -0.0659. The Labute approximate surface area is 135 Å². The zero-order chi connectivity index (χ0) is 16.5. The van der Waals surface area contributed by atoms with Crippen LogP contribution >= 0.6 is 0 Å². The Morgan fingerprint density at radius 3 is 2.96 bits per heavy atom. The molecule has 0 aliphatic carbocycles. The largest absolute Gasteiger partial charge is 0.382 e. The normalized spacial score (nSPS) is 23.0. The van der Waals surface area contributed by atoms with Crippen LogP contribution in [0.3, 0.4) is 0 Å². The lowest BCUT2D eigenvalue weighted by atomic mass is 9.91. The van der Waals surface area contributed by atoms with Crippen molar-refractivity contribution in [2.45, 2.75) is 31.1 Å². The van der Waals surface area contributed by atoms with Crippen LogP contribution in [0.25, 0.3) is 0 Å². The molecule has 1 aromatic heterocycles. The van der Waals surface area contributed by atoms with Gasteiger partial charge in [0.2, 0.25) is 10.0 Å². The molecular weight excluding hydrogens is 316 g/mol. The molecule has 2 heterocycles. The third-order valence-corrected chi connectivity index (χ3v) is 5.95. The van der Waals surface area contributed by atoms with Crippen LogP contribution in [0.15, 0.2) is 30.5 Å². The zero-order valence-electron chi connectivity index (χ0n) is 12.9. The summed E-state index contributed by atoms with van der Waals surface area (Å²) >= 11 is 0. The fourth-order valence-corrected chi connectivity index (χ4v) is 4.57. The molecular formula is C15H20N4O3S. The van der Waals surface area contributed by atoms with Gasteiger partial charge in [0.25, 0.3) is 0 Å². The molecule has 0 saturated carbocycles. The molecule has 1 saturated heterocycles. The van der Waals surface area contributed by atoms with Gasteiger partial charge in [0.05, 0.1) is 11.9 Å². The van der Waals surface area contributed by atoms with Gasteiger partial charge in [0, 0.05) is 13.1 Å². The van der Waals surface area contributed by atoms with Crippen molar-refractivity contribution in [3.8, 4) is 0 Å². The smallest absolute Gasteiger partial charge is 0.218 e. The van der Waals surface area contributed by atoms with Crippen LogP contribution in [0.5, 0.6) is 0 Å². The quantitative estimate of drug-likeness (QED) is 0.865. The maximum Gasteiger partial charge on any atom is 0.218 e. The van der Waals surface area contributed by atoms with Gasteiger partial charge in [-0.05, 0) is 25.3 Å². The van der Waals surface area contributed by atoms with E-state index in [-0.39, 0.29) is 12.3 Å². The second kappa shape index (κ2) is 6.03. The zero-order valence-corrected chi connectivity index (χ0v) is 13.8. The number of β-amino-alcohol motifs (C(OH)–C–C–N with tert-alkyl or cyclic N) is 1. The van der Waals surface area contributed by atoms with Gasteiger partial charge in [-0.2, -0.15) is 19.7 Å². The Balaban J connectivity index is 1.80. The first-order chi connectivity index (χ1) is 10.9. The van der Waals surface area contributed by atoms with E-state index in [9.17, 15) is 13.5 Å². The molecule has 0 spiro atoms. The maximum atomic E-state index is 12.7. The lowest BCUT2D eigenvalue weighted by Crippen LogP contribution is -2.49. The molecule has 0 radical (unpaired) electrons. The van der Waals surface area contributed by atoms with Crippen LogP contribution in [-0.2, 0) is 21.4 Å². The van der Waals surface area contributed by atoms with E-state index in [0.717, 1.165) is 11.1 Å². The summed E-state index contributed by atoms with van der Waals surface area (Å²) in [7, 11) is -3.50.